The fraction of sp³-hybridized carbons (Fsp3) is 0.375. The Morgan fingerprint density at radius 1 is 1.12 bits per heavy atom. The highest BCUT2D eigenvalue weighted by Crippen LogP contribution is 2.11. The van der Waals surface area contributed by atoms with Crippen molar-refractivity contribution in [3.63, 3.8) is 0 Å². The van der Waals surface area contributed by atoms with Crippen LogP contribution in [0.15, 0.2) is 30.3 Å². The molecule has 0 atom stereocenters. The summed E-state index contributed by atoms with van der Waals surface area (Å²) >= 11 is 0. The van der Waals surface area contributed by atoms with Crippen LogP contribution in [0.2, 0.25) is 0 Å². The molecule has 2 N–H and O–H groups in total. The second-order valence-electron chi connectivity index (χ2n) is 5.79. The van der Waals surface area contributed by atoms with Crippen LogP contribution in [-0.4, -0.2) is 45.6 Å². The van der Waals surface area contributed by atoms with E-state index in [1.54, 1.807) is 0 Å². The number of halogens is 1. The number of nitrogens with zero attached hydrogens (tertiary/aromatic N) is 3. The van der Waals surface area contributed by atoms with Gasteiger partial charge in [-0.2, -0.15) is 4.98 Å². The summed E-state index contributed by atoms with van der Waals surface area (Å²) in [7, 11) is 0.275. The topological polar surface area (TPSA) is 87.2 Å². The normalized spacial score (nSPS) is 11.4. The van der Waals surface area contributed by atoms with Gasteiger partial charge in [0.05, 0.1) is 5.75 Å². The van der Waals surface area contributed by atoms with Gasteiger partial charge < -0.3 is 10.2 Å². The Morgan fingerprint density at radius 2 is 1.80 bits per heavy atom. The molecule has 0 aliphatic carbocycles. The van der Waals surface area contributed by atoms with Gasteiger partial charge in [0.25, 0.3) is 0 Å². The Labute approximate surface area is 147 Å². The van der Waals surface area contributed by atoms with Crippen molar-refractivity contribution in [2.24, 2.45) is 0 Å². The summed E-state index contributed by atoms with van der Waals surface area (Å²) < 4.78 is 39.4. The Morgan fingerprint density at radius 3 is 2.44 bits per heavy atom. The third-order valence-corrected chi connectivity index (χ3v) is 4.66. The molecule has 0 amide bonds. The van der Waals surface area contributed by atoms with E-state index < -0.39 is 15.8 Å². The lowest BCUT2D eigenvalue weighted by Crippen LogP contribution is -2.30. The third-order valence-electron chi connectivity index (χ3n) is 3.30. The largest absolute Gasteiger partial charge is 0.363 e. The maximum Gasteiger partial charge on any atom is 0.224 e. The summed E-state index contributed by atoms with van der Waals surface area (Å²) in [6.07, 6.45) is 0. The molecule has 136 valence electrons. The number of hydrogen-bond donors (Lipinski definition) is 2. The van der Waals surface area contributed by atoms with Crippen molar-refractivity contribution in [2.45, 2.75) is 12.7 Å². The summed E-state index contributed by atoms with van der Waals surface area (Å²) in [4.78, 5) is 10.5. The van der Waals surface area contributed by atoms with E-state index in [2.05, 4.69) is 20.0 Å². The number of sulfonamides is 1. The monoisotopic (exact) mass is 367 g/mol. The van der Waals surface area contributed by atoms with Gasteiger partial charge in [0, 0.05) is 38.9 Å². The number of benzene rings is 1. The lowest BCUT2D eigenvalue weighted by atomic mass is 10.2. The van der Waals surface area contributed by atoms with Crippen molar-refractivity contribution in [3.05, 3.63) is 47.4 Å². The minimum absolute atomic E-state index is 0.193. The molecule has 0 saturated heterocycles. The van der Waals surface area contributed by atoms with E-state index in [1.165, 1.54) is 24.3 Å². The fourth-order valence-corrected chi connectivity index (χ4v) is 3.24. The maximum absolute atomic E-state index is 12.8. The molecule has 0 fully saturated rings. The summed E-state index contributed by atoms with van der Waals surface area (Å²) in [5, 5.41) is 3.00. The van der Waals surface area contributed by atoms with E-state index in [4.69, 9.17) is 0 Å². The molecule has 2 aromatic rings. The molecule has 7 nitrogen and oxygen atoms in total. The predicted octanol–water partition coefficient (Wildman–Crippen LogP) is 1.52. The van der Waals surface area contributed by atoms with Gasteiger partial charge in [0.15, 0.2) is 0 Å². The zero-order valence-corrected chi connectivity index (χ0v) is 15.3. The molecule has 0 aliphatic heterocycles. The smallest absolute Gasteiger partial charge is 0.224 e. The van der Waals surface area contributed by atoms with Crippen LogP contribution in [0.4, 0.5) is 16.2 Å². The molecule has 0 radical (unpaired) electrons. The Kier molecular flexibility index (Phi) is 6.27. The zero-order valence-electron chi connectivity index (χ0n) is 14.5. The number of rotatable bonds is 8. The molecule has 0 unspecified atom stereocenters. The number of nitrogens with one attached hydrogen (secondary N) is 2. The average molecular weight is 367 g/mol. The van der Waals surface area contributed by atoms with Crippen LogP contribution in [0.25, 0.3) is 0 Å². The highest BCUT2D eigenvalue weighted by atomic mass is 32.2. The molecular formula is C16H22FN5O2S. The molecule has 0 spiro atoms. The average Bonchev–Trinajstić information content (AvgIpc) is 2.53. The van der Waals surface area contributed by atoms with Crippen molar-refractivity contribution in [1.82, 2.24) is 14.7 Å². The van der Waals surface area contributed by atoms with Gasteiger partial charge >= 0.3 is 0 Å². The van der Waals surface area contributed by atoms with Crippen molar-refractivity contribution in [3.8, 4) is 0 Å². The molecule has 1 aromatic carbocycles. The first-order valence-corrected chi connectivity index (χ1v) is 9.39. The van der Waals surface area contributed by atoms with Crippen LogP contribution in [0.1, 0.15) is 11.3 Å². The van der Waals surface area contributed by atoms with Crippen LogP contribution in [-0.2, 0) is 15.8 Å². The number of aromatic nitrogens is 2. The van der Waals surface area contributed by atoms with Gasteiger partial charge in [0.2, 0.25) is 16.0 Å². The molecule has 0 bridgehead atoms. The summed E-state index contributed by atoms with van der Waals surface area (Å²) in [6, 6.07) is 7.25. The van der Waals surface area contributed by atoms with Gasteiger partial charge in [-0.1, -0.05) is 12.1 Å². The molecule has 0 aliphatic rings. The van der Waals surface area contributed by atoms with Crippen LogP contribution in [0.3, 0.4) is 0 Å². The second-order valence-corrected chi connectivity index (χ2v) is 7.60. The quantitative estimate of drug-likeness (QED) is 0.688. The summed E-state index contributed by atoms with van der Waals surface area (Å²) in [6.45, 7) is 2.41. The lowest BCUT2D eigenvalue weighted by Gasteiger charge is -2.14. The molecule has 25 heavy (non-hydrogen) atoms. The van der Waals surface area contributed by atoms with Crippen molar-refractivity contribution in [2.75, 3.05) is 37.4 Å². The van der Waals surface area contributed by atoms with Gasteiger partial charge in [-0.05, 0) is 24.6 Å². The molecule has 0 saturated carbocycles. The number of aryl methyl sites for hydroxylation is 1. The number of anilines is 2. The van der Waals surface area contributed by atoms with E-state index in [-0.39, 0.29) is 12.3 Å². The highest BCUT2D eigenvalue weighted by molar-refractivity contribution is 7.88. The zero-order chi connectivity index (χ0) is 18.4. The van der Waals surface area contributed by atoms with Gasteiger partial charge in [-0.15, -0.1) is 0 Å². The first-order chi connectivity index (χ1) is 11.7. The molecular weight excluding hydrogens is 345 g/mol. The standard InChI is InChI=1S/C16H22FN5O2S/c1-12-10-15(22(2)3)21-16(20-12)18-8-9-19-25(23,24)11-13-4-6-14(17)7-5-13/h4-7,10,19H,8-9,11H2,1-3H3,(H,18,20,21). The van der Waals surface area contributed by atoms with E-state index in [1.807, 2.05) is 32.0 Å². The van der Waals surface area contributed by atoms with Gasteiger partial charge in [-0.25, -0.2) is 22.5 Å². The number of hydrogen-bond acceptors (Lipinski definition) is 6. The third kappa shape index (κ3) is 6.28. The molecule has 2 rings (SSSR count). The Hall–Kier alpha value is -2.26. The van der Waals surface area contributed by atoms with E-state index in [9.17, 15) is 12.8 Å². The predicted molar refractivity (Wildman–Crippen MR) is 96.6 cm³/mol. The summed E-state index contributed by atoms with van der Waals surface area (Å²) in [5.41, 5.74) is 1.34. The second kappa shape index (κ2) is 8.21. The molecule has 9 heteroatoms. The summed E-state index contributed by atoms with van der Waals surface area (Å²) in [5.74, 6) is 0.626. The molecule has 1 heterocycles. The van der Waals surface area contributed by atoms with Crippen LogP contribution in [0, 0.1) is 12.7 Å². The van der Waals surface area contributed by atoms with E-state index >= 15 is 0 Å². The van der Waals surface area contributed by atoms with Crippen molar-refractivity contribution < 1.29 is 12.8 Å². The fourth-order valence-electron chi connectivity index (χ4n) is 2.09. The SMILES string of the molecule is Cc1cc(N(C)C)nc(NCCNS(=O)(=O)Cc2ccc(F)cc2)n1. The lowest BCUT2D eigenvalue weighted by molar-refractivity contribution is 0.581. The van der Waals surface area contributed by atoms with Crippen LogP contribution >= 0.6 is 0 Å². The van der Waals surface area contributed by atoms with Crippen molar-refractivity contribution >= 4 is 21.8 Å². The maximum atomic E-state index is 12.8. The van der Waals surface area contributed by atoms with E-state index in [0.29, 0.717) is 18.1 Å². The van der Waals surface area contributed by atoms with Gasteiger partial charge in [-0.3, -0.25) is 0 Å². The van der Waals surface area contributed by atoms with Crippen molar-refractivity contribution in [1.29, 1.82) is 0 Å². The molecule has 1 aromatic heterocycles. The van der Waals surface area contributed by atoms with Crippen LogP contribution in [0.5, 0.6) is 0 Å². The minimum Gasteiger partial charge on any atom is -0.363 e. The minimum atomic E-state index is -3.49. The highest BCUT2D eigenvalue weighted by Gasteiger charge is 2.11. The van der Waals surface area contributed by atoms with E-state index in [0.717, 1.165) is 11.5 Å². The van der Waals surface area contributed by atoms with Crippen LogP contribution < -0.4 is 14.9 Å². The first kappa shape index (κ1) is 19.1. The van der Waals surface area contributed by atoms with Gasteiger partial charge in [0.1, 0.15) is 11.6 Å². The Balaban J connectivity index is 1.85. The first-order valence-electron chi connectivity index (χ1n) is 7.74. The Bertz CT molecular complexity index is 810.